The molecule has 0 fully saturated rings. The number of rotatable bonds is 4. The Balaban J connectivity index is 2.14. The van der Waals surface area contributed by atoms with E-state index in [0.717, 1.165) is 21.9 Å². The lowest BCUT2D eigenvalue weighted by atomic mass is 10.1. The molecule has 2 N–H and O–H groups in total. The smallest absolute Gasteiger partial charge is 0.0449 e. The third-order valence-corrected chi connectivity index (χ3v) is 4.04. The Labute approximate surface area is 117 Å². The highest BCUT2D eigenvalue weighted by Crippen LogP contribution is 2.31. The zero-order valence-corrected chi connectivity index (χ0v) is 11.9. The second kappa shape index (κ2) is 6.28. The van der Waals surface area contributed by atoms with Gasteiger partial charge in [0.15, 0.2) is 0 Å². The summed E-state index contributed by atoms with van der Waals surface area (Å²) in [7, 11) is 0. The number of nitrogens with two attached hydrogens (primary N) is 1. The van der Waals surface area contributed by atoms with Gasteiger partial charge in [-0.3, -0.25) is 0 Å². The monoisotopic (exact) mass is 277 g/mol. The van der Waals surface area contributed by atoms with E-state index < -0.39 is 0 Å². The summed E-state index contributed by atoms with van der Waals surface area (Å²) in [5, 5.41) is 0.803. The fourth-order valence-corrected chi connectivity index (χ4v) is 2.89. The maximum Gasteiger partial charge on any atom is 0.0449 e. The van der Waals surface area contributed by atoms with Crippen LogP contribution in [0.2, 0.25) is 5.02 Å². The minimum atomic E-state index is 0.629. The molecule has 3 heteroatoms. The molecule has 0 amide bonds. The summed E-state index contributed by atoms with van der Waals surface area (Å²) in [6, 6.07) is 14.7. The lowest BCUT2D eigenvalue weighted by Gasteiger charge is -2.06. The minimum Gasteiger partial charge on any atom is -0.330 e. The molecule has 0 saturated heterocycles. The van der Waals surface area contributed by atoms with Crippen LogP contribution in [0.4, 0.5) is 0 Å². The summed E-state index contributed by atoms with van der Waals surface area (Å²) < 4.78 is 0. The van der Waals surface area contributed by atoms with Crippen LogP contribution >= 0.6 is 23.4 Å². The fraction of sp³-hybridized carbons (Fsp3) is 0.200. The van der Waals surface area contributed by atoms with Gasteiger partial charge in [-0.1, -0.05) is 47.1 Å². The van der Waals surface area contributed by atoms with Crippen LogP contribution in [0.25, 0.3) is 0 Å². The predicted molar refractivity (Wildman–Crippen MR) is 79.5 cm³/mol. The van der Waals surface area contributed by atoms with Gasteiger partial charge in [0.25, 0.3) is 0 Å². The maximum atomic E-state index is 6.23. The van der Waals surface area contributed by atoms with Crippen molar-refractivity contribution in [3.63, 3.8) is 0 Å². The van der Waals surface area contributed by atoms with E-state index in [2.05, 4.69) is 43.3 Å². The molecule has 2 rings (SSSR count). The lowest BCUT2D eigenvalue weighted by Crippen LogP contribution is -2.02. The summed E-state index contributed by atoms with van der Waals surface area (Å²) in [4.78, 5) is 2.38. The van der Waals surface area contributed by atoms with Crippen molar-refractivity contribution in [1.82, 2.24) is 0 Å². The molecule has 0 radical (unpaired) electrons. The fourth-order valence-electron chi connectivity index (χ4n) is 1.69. The van der Waals surface area contributed by atoms with Gasteiger partial charge in [0.2, 0.25) is 0 Å². The van der Waals surface area contributed by atoms with Crippen molar-refractivity contribution in [2.24, 2.45) is 5.73 Å². The molecular formula is C15H16ClNS. The molecule has 0 spiro atoms. The summed E-state index contributed by atoms with van der Waals surface area (Å²) >= 11 is 7.95. The second-order valence-corrected chi connectivity index (χ2v) is 5.76. The van der Waals surface area contributed by atoms with Gasteiger partial charge in [0, 0.05) is 14.8 Å². The van der Waals surface area contributed by atoms with E-state index >= 15 is 0 Å². The summed E-state index contributed by atoms with van der Waals surface area (Å²) in [5.41, 5.74) is 7.93. The van der Waals surface area contributed by atoms with E-state index in [1.165, 1.54) is 10.5 Å². The Morgan fingerprint density at radius 2 is 1.72 bits per heavy atom. The van der Waals surface area contributed by atoms with Crippen molar-refractivity contribution in [3.8, 4) is 0 Å². The van der Waals surface area contributed by atoms with Gasteiger partial charge >= 0.3 is 0 Å². The van der Waals surface area contributed by atoms with Gasteiger partial charge in [-0.05, 0) is 49.7 Å². The molecule has 2 aromatic carbocycles. The van der Waals surface area contributed by atoms with E-state index in [1.807, 2.05) is 6.07 Å². The first kappa shape index (κ1) is 13.5. The van der Waals surface area contributed by atoms with Crippen molar-refractivity contribution in [2.45, 2.75) is 23.1 Å². The van der Waals surface area contributed by atoms with Crippen molar-refractivity contribution in [2.75, 3.05) is 6.54 Å². The number of aryl methyl sites for hydroxylation is 1. The normalized spacial score (nSPS) is 10.6. The molecule has 0 heterocycles. The molecule has 0 aromatic heterocycles. The molecule has 0 aliphatic rings. The van der Waals surface area contributed by atoms with Gasteiger partial charge in [-0.25, -0.2) is 0 Å². The molecular weight excluding hydrogens is 262 g/mol. The van der Waals surface area contributed by atoms with Crippen LogP contribution in [-0.4, -0.2) is 6.54 Å². The van der Waals surface area contributed by atoms with Gasteiger partial charge in [0.1, 0.15) is 0 Å². The third-order valence-electron chi connectivity index (χ3n) is 2.69. The average Bonchev–Trinajstić information content (AvgIpc) is 2.36. The van der Waals surface area contributed by atoms with Crippen molar-refractivity contribution in [3.05, 3.63) is 58.6 Å². The van der Waals surface area contributed by atoms with E-state index in [9.17, 15) is 0 Å². The lowest BCUT2D eigenvalue weighted by molar-refractivity contribution is 0.967. The SMILES string of the molecule is Cc1ccc(Sc2ccc(CCN)c(Cl)c2)cc1. The van der Waals surface area contributed by atoms with E-state index in [0.29, 0.717) is 6.54 Å². The molecule has 0 unspecified atom stereocenters. The average molecular weight is 278 g/mol. The highest BCUT2D eigenvalue weighted by molar-refractivity contribution is 7.99. The van der Waals surface area contributed by atoms with Crippen LogP contribution in [0.5, 0.6) is 0 Å². The van der Waals surface area contributed by atoms with Crippen LogP contribution < -0.4 is 5.73 Å². The Morgan fingerprint density at radius 3 is 2.33 bits per heavy atom. The minimum absolute atomic E-state index is 0.629. The number of hydrogen-bond donors (Lipinski definition) is 1. The summed E-state index contributed by atoms with van der Waals surface area (Å²) in [6.45, 7) is 2.72. The second-order valence-electron chi connectivity index (χ2n) is 4.21. The molecule has 0 saturated carbocycles. The Bertz CT molecular complexity index is 523. The molecule has 0 aliphatic heterocycles. The van der Waals surface area contributed by atoms with Crippen molar-refractivity contribution < 1.29 is 0 Å². The molecule has 18 heavy (non-hydrogen) atoms. The van der Waals surface area contributed by atoms with Crippen LogP contribution in [0.1, 0.15) is 11.1 Å². The highest BCUT2D eigenvalue weighted by atomic mass is 35.5. The Morgan fingerprint density at radius 1 is 1.06 bits per heavy atom. The van der Waals surface area contributed by atoms with Gasteiger partial charge in [-0.15, -0.1) is 0 Å². The molecule has 0 aliphatic carbocycles. The van der Waals surface area contributed by atoms with E-state index in [1.54, 1.807) is 11.8 Å². The number of benzene rings is 2. The van der Waals surface area contributed by atoms with E-state index in [4.69, 9.17) is 17.3 Å². The number of halogens is 1. The van der Waals surface area contributed by atoms with Gasteiger partial charge in [0.05, 0.1) is 0 Å². The largest absolute Gasteiger partial charge is 0.330 e. The Hall–Kier alpha value is -0.960. The van der Waals surface area contributed by atoms with Gasteiger partial charge < -0.3 is 5.73 Å². The molecule has 2 aromatic rings. The quantitative estimate of drug-likeness (QED) is 0.902. The third kappa shape index (κ3) is 3.52. The maximum absolute atomic E-state index is 6.23. The van der Waals surface area contributed by atoms with Crippen LogP contribution in [0.3, 0.4) is 0 Å². The topological polar surface area (TPSA) is 26.0 Å². The molecule has 0 bridgehead atoms. The van der Waals surface area contributed by atoms with Crippen molar-refractivity contribution >= 4 is 23.4 Å². The predicted octanol–water partition coefficient (Wildman–Crippen LogP) is 4.30. The first-order valence-electron chi connectivity index (χ1n) is 5.92. The zero-order chi connectivity index (χ0) is 13.0. The first-order valence-corrected chi connectivity index (χ1v) is 7.11. The van der Waals surface area contributed by atoms with Crippen LogP contribution in [0.15, 0.2) is 52.3 Å². The highest BCUT2D eigenvalue weighted by Gasteiger charge is 2.03. The summed E-state index contributed by atoms with van der Waals surface area (Å²) in [6.07, 6.45) is 0.828. The van der Waals surface area contributed by atoms with Crippen molar-refractivity contribution in [1.29, 1.82) is 0 Å². The number of hydrogen-bond acceptors (Lipinski definition) is 2. The standard InChI is InChI=1S/C15H16ClNS/c1-11-2-5-13(6-3-11)18-14-7-4-12(8-9-17)15(16)10-14/h2-7,10H,8-9,17H2,1H3. The van der Waals surface area contributed by atoms with Gasteiger partial charge in [-0.2, -0.15) is 0 Å². The van der Waals surface area contributed by atoms with Crippen LogP contribution in [0, 0.1) is 6.92 Å². The Kier molecular flexibility index (Phi) is 4.70. The summed E-state index contributed by atoms with van der Waals surface area (Å²) in [5.74, 6) is 0. The first-order chi connectivity index (χ1) is 8.69. The molecule has 94 valence electrons. The molecule has 1 nitrogen and oxygen atoms in total. The van der Waals surface area contributed by atoms with Crippen LogP contribution in [-0.2, 0) is 6.42 Å². The zero-order valence-electron chi connectivity index (χ0n) is 10.3. The van der Waals surface area contributed by atoms with E-state index in [-0.39, 0.29) is 0 Å². The molecule has 0 atom stereocenters.